The summed E-state index contributed by atoms with van der Waals surface area (Å²) in [4.78, 5) is 25.8. The van der Waals surface area contributed by atoms with Crippen LogP contribution in [0.3, 0.4) is 0 Å². The number of nitrogens with one attached hydrogen (secondary N) is 1. The van der Waals surface area contributed by atoms with Crippen molar-refractivity contribution in [2.45, 2.75) is 31.8 Å². The van der Waals surface area contributed by atoms with Crippen LogP contribution < -0.4 is 11.1 Å². The molecule has 1 aliphatic rings. The maximum atomic E-state index is 12.4. The summed E-state index contributed by atoms with van der Waals surface area (Å²) in [5, 5.41) is 2.60. The Kier molecular flexibility index (Phi) is 4.21. The highest BCUT2D eigenvalue weighted by Crippen LogP contribution is 2.20. The molecule has 0 aromatic carbocycles. The summed E-state index contributed by atoms with van der Waals surface area (Å²) in [6, 6.07) is 2.89. The number of piperidine rings is 1. The number of carbonyl (C=O) groups is 2. The highest BCUT2D eigenvalue weighted by atomic mass is 16.4. The summed E-state index contributed by atoms with van der Waals surface area (Å²) in [6.45, 7) is 0.835. The molecule has 1 saturated heterocycles. The molecule has 0 aliphatic carbocycles. The summed E-state index contributed by atoms with van der Waals surface area (Å²) in [5.41, 5.74) is 5.46. The van der Waals surface area contributed by atoms with Crippen molar-refractivity contribution in [2.24, 2.45) is 5.73 Å². The number of likely N-dealkylation sites (N-methyl/N-ethyl adjacent to an activating group) is 1. The van der Waals surface area contributed by atoms with E-state index in [0.29, 0.717) is 18.7 Å². The van der Waals surface area contributed by atoms with Crippen LogP contribution in [0.4, 0.5) is 0 Å². The van der Waals surface area contributed by atoms with Crippen molar-refractivity contribution in [1.82, 2.24) is 10.2 Å². The average Bonchev–Trinajstić information content (AvgIpc) is 2.94. The predicted molar refractivity (Wildman–Crippen MR) is 69.3 cm³/mol. The van der Waals surface area contributed by atoms with E-state index < -0.39 is 6.04 Å². The van der Waals surface area contributed by atoms with Crippen molar-refractivity contribution >= 4 is 11.8 Å². The SMILES string of the molecule is CNC(=O)C1CCCCN1C(=O)c1ccc(CN)o1. The fourth-order valence-corrected chi connectivity index (χ4v) is 2.36. The quantitative estimate of drug-likeness (QED) is 0.832. The van der Waals surface area contributed by atoms with Crippen LogP contribution in [0.2, 0.25) is 0 Å². The van der Waals surface area contributed by atoms with Crippen LogP contribution in [0.15, 0.2) is 16.5 Å². The molecule has 1 aromatic rings. The summed E-state index contributed by atoms with van der Waals surface area (Å²) in [6.07, 6.45) is 2.55. The molecule has 19 heavy (non-hydrogen) atoms. The van der Waals surface area contributed by atoms with Crippen molar-refractivity contribution in [3.05, 3.63) is 23.7 Å². The lowest BCUT2D eigenvalue weighted by atomic mass is 10.0. The Labute approximate surface area is 111 Å². The average molecular weight is 265 g/mol. The number of hydrogen-bond donors (Lipinski definition) is 2. The third kappa shape index (κ3) is 2.78. The van der Waals surface area contributed by atoms with Crippen LogP contribution in [0.25, 0.3) is 0 Å². The van der Waals surface area contributed by atoms with Gasteiger partial charge in [-0.15, -0.1) is 0 Å². The fourth-order valence-electron chi connectivity index (χ4n) is 2.36. The maximum Gasteiger partial charge on any atom is 0.290 e. The predicted octanol–water partition coefficient (Wildman–Crippen LogP) is 0.479. The molecule has 2 amide bonds. The van der Waals surface area contributed by atoms with Crippen LogP contribution in [0.5, 0.6) is 0 Å². The number of furan rings is 1. The summed E-state index contributed by atoms with van der Waals surface area (Å²) in [5.74, 6) is 0.444. The zero-order valence-electron chi connectivity index (χ0n) is 11.0. The van der Waals surface area contributed by atoms with Crippen molar-refractivity contribution in [2.75, 3.05) is 13.6 Å². The van der Waals surface area contributed by atoms with Gasteiger partial charge in [-0.2, -0.15) is 0 Å². The lowest BCUT2D eigenvalue weighted by Crippen LogP contribution is -2.51. The largest absolute Gasteiger partial charge is 0.455 e. The van der Waals surface area contributed by atoms with E-state index in [0.717, 1.165) is 12.8 Å². The minimum atomic E-state index is -0.405. The van der Waals surface area contributed by atoms with Gasteiger partial charge in [-0.1, -0.05) is 0 Å². The summed E-state index contributed by atoms with van der Waals surface area (Å²) < 4.78 is 5.36. The standard InChI is InChI=1S/C13H19N3O3/c1-15-12(17)10-4-2-3-7-16(10)13(18)11-6-5-9(8-14)19-11/h5-6,10H,2-4,7-8,14H2,1H3,(H,15,17). The molecule has 104 valence electrons. The van der Waals surface area contributed by atoms with Gasteiger partial charge in [0.2, 0.25) is 5.91 Å². The van der Waals surface area contributed by atoms with Gasteiger partial charge in [0.25, 0.3) is 5.91 Å². The van der Waals surface area contributed by atoms with Crippen LogP contribution in [-0.2, 0) is 11.3 Å². The van der Waals surface area contributed by atoms with E-state index in [1.165, 1.54) is 0 Å². The molecule has 1 fully saturated rings. The molecule has 1 aliphatic heterocycles. The van der Waals surface area contributed by atoms with Crippen molar-refractivity contribution in [1.29, 1.82) is 0 Å². The van der Waals surface area contributed by atoms with Crippen molar-refractivity contribution < 1.29 is 14.0 Å². The van der Waals surface area contributed by atoms with E-state index >= 15 is 0 Å². The first-order valence-corrected chi connectivity index (χ1v) is 6.48. The van der Waals surface area contributed by atoms with Gasteiger partial charge in [0.1, 0.15) is 11.8 Å². The van der Waals surface area contributed by atoms with Gasteiger partial charge in [0.05, 0.1) is 6.54 Å². The Morgan fingerprint density at radius 1 is 1.47 bits per heavy atom. The molecule has 0 radical (unpaired) electrons. The van der Waals surface area contributed by atoms with Gasteiger partial charge in [0.15, 0.2) is 5.76 Å². The molecule has 3 N–H and O–H groups in total. The zero-order chi connectivity index (χ0) is 13.8. The normalized spacial score (nSPS) is 19.3. The minimum absolute atomic E-state index is 0.126. The first kappa shape index (κ1) is 13.6. The number of carbonyl (C=O) groups excluding carboxylic acids is 2. The number of nitrogens with zero attached hydrogens (tertiary/aromatic N) is 1. The molecule has 0 spiro atoms. The monoisotopic (exact) mass is 265 g/mol. The second-order valence-electron chi connectivity index (χ2n) is 4.59. The van der Waals surface area contributed by atoms with Gasteiger partial charge >= 0.3 is 0 Å². The lowest BCUT2D eigenvalue weighted by Gasteiger charge is -2.33. The number of hydrogen-bond acceptors (Lipinski definition) is 4. The van der Waals surface area contributed by atoms with E-state index in [1.807, 2.05) is 0 Å². The smallest absolute Gasteiger partial charge is 0.290 e. The molecule has 0 bridgehead atoms. The van der Waals surface area contributed by atoms with Gasteiger partial charge in [-0.05, 0) is 31.4 Å². The molecule has 2 rings (SSSR count). The van der Waals surface area contributed by atoms with Crippen LogP contribution >= 0.6 is 0 Å². The number of rotatable bonds is 3. The summed E-state index contributed by atoms with van der Waals surface area (Å²) >= 11 is 0. The number of likely N-dealkylation sites (tertiary alicyclic amines) is 1. The third-order valence-corrected chi connectivity index (χ3v) is 3.39. The van der Waals surface area contributed by atoms with Crippen LogP contribution in [0.1, 0.15) is 35.6 Å². The fraction of sp³-hybridized carbons (Fsp3) is 0.538. The van der Waals surface area contributed by atoms with Crippen LogP contribution in [0, 0.1) is 0 Å². The van der Waals surface area contributed by atoms with E-state index in [2.05, 4.69) is 5.32 Å². The Morgan fingerprint density at radius 2 is 2.26 bits per heavy atom. The highest BCUT2D eigenvalue weighted by molar-refractivity contribution is 5.95. The molecule has 6 heteroatoms. The van der Waals surface area contributed by atoms with E-state index in [4.69, 9.17) is 10.2 Å². The van der Waals surface area contributed by atoms with E-state index in [1.54, 1.807) is 24.1 Å². The Bertz CT molecular complexity index is 469. The zero-order valence-corrected chi connectivity index (χ0v) is 11.0. The van der Waals surface area contributed by atoms with E-state index in [9.17, 15) is 9.59 Å². The van der Waals surface area contributed by atoms with Crippen molar-refractivity contribution in [3.63, 3.8) is 0 Å². The molecule has 6 nitrogen and oxygen atoms in total. The van der Waals surface area contributed by atoms with Crippen molar-refractivity contribution in [3.8, 4) is 0 Å². The molecular formula is C13H19N3O3. The van der Waals surface area contributed by atoms with Gasteiger partial charge in [-0.3, -0.25) is 9.59 Å². The Hall–Kier alpha value is -1.82. The molecular weight excluding hydrogens is 246 g/mol. The molecule has 1 unspecified atom stereocenters. The van der Waals surface area contributed by atoms with Gasteiger partial charge in [0, 0.05) is 13.6 Å². The number of amides is 2. The molecule has 0 saturated carbocycles. The Morgan fingerprint density at radius 3 is 2.89 bits per heavy atom. The molecule has 2 heterocycles. The second kappa shape index (κ2) is 5.88. The number of nitrogens with two attached hydrogens (primary N) is 1. The first-order chi connectivity index (χ1) is 9.17. The topological polar surface area (TPSA) is 88.6 Å². The van der Waals surface area contributed by atoms with E-state index in [-0.39, 0.29) is 24.1 Å². The third-order valence-electron chi connectivity index (χ3n) is 3.39. The molecule has 1 aromatic heterocycles. The maximum absolute atomic E-state index is 12.4. The minimum Gasteiger partial charge on any atom is -0.455 e. The highest BCUT2D eigenvalue weighted by Gasteiger charge is 2.33. The van der Waals surface area contributed by atoms with Gasteiger partial charge in [-0.25, -0.2) is 0 Å². The second-order valence-corrected chi connectivity index (χ2v) is 4.59. The summed E-state index contributed by atoms with van der Waals surface area (Å²) in [7, 11) is 1.58. The Balaban J connectivity index is 2.17. The molecule has 1 atom stereocenters. The van der Waals surface area contributed by atoms with Crippen LogP contribution in [-0.4, -0.2) is 36.3 Å². The lowest BCUT2D eigenvalue weighted by molar-refractivity contribution is -0.126. The van der Waals surface area contributed by atoms with Gasteiger partial charge < -0.3 is 20.4 Å². The first-order valence-electron chi connectivity index (χ1n) is 6.48.